The first-order chi connectivity index (χ1) is 5.25. The van der Waals surface area contributed by atoms with Gasteiger partial charge >= 0.3 is 0 Å². The summed E-state index contributed by atoms with van der Waals surface area (Å²) in [5, 5.41) is -0.276. The molecule has 0 aromatic rings. The molecule has 2 rings (SSSR count). The first-order valence-electron chi connectivity index (χ1n) is 3.88. The monoisotopic (exact) mass is 171 g/mol. The first-order valence-corrected chi connectivity index (χ1v) is 4.26. The van der Waals surface area contributed by atoms with E-state index in [1.54, 1.807) is 0 Å². The van der Waals surface area contributed by atoms with Crippen molar-refractivity contribution in [3.05, 3.63) is 11.6 Å². The van der Waals surface area contributed by atoms with Gasteiger partial charge in [-0.1, -0.05) is 6.08 Å². The molecule has 3 heteroatoms. The molecule has 11 heavy (non-hydrogen) atoms. The van der Waals surface area contributed by atoms with Crippen LogP contribution in [0.25, 0.3) is 0 Å². The maximum absolute atomic E-state index is 10.8. The topological polar surface area (TPSA) is 20.3 Å². The van der Waals surface area contributed by atoms with E-state index < -0.39 is 0 Å². The molecular formula is C8H10ClNO. The quantitative estimate of drug-likeness (QED) is 0.549. The Kier molecular flexibility index (Phi) is 1.74. The first kappa shape index (κ1) is 7.32. The van der Waals surface area contributed by atoms with Crippen LogP contribution in [-0.2, 0) is 4.79 Å². The van der Waals surface area contributed by atoms with Crippen molar-refractivity contribution in [3.8, 4) is 0 Å². The van der Waals surface area contributed by atoms with E-state index in [0.29, 0.717) is 5.92 Å². The highest BCUT2D eigenvalue weighted by atomic mass is 35.5. The number of carbonyl (C=O) groups is 1. The van der Waals surface area contributed by atoms with Gasteiger partial charge in [-0.3, -0.25) is 9.69 Å². The molecule has 0 aliphatic carbocycles. The lowest BCUT2D eigenvalue weighted by atomic mass is 10.0. The third-order valence-corrected chi connectivity index (χ3v) is 2.63. The zero-order valence-corrected chi connectivity index (χ0v) is 6.97. The van der Waals surface area contributed by atoms with Crippen molar-refractivity contribution >= 4 is 16.8 Å². The molecule has 0 N–H and O–H groups in total. The average molecular weight is 172 g/mol. The minimum atomic E-state index is -0.276. The lowest BCUT2D eigenvalue weighted by Crippen LogP contribution is -2.28. The van der Waals surface area contributed by atoms with Gasteiger partial charge in [0.1, 0.15) is 0 Å². The Morgan fingerprint density at radius 1 is 1.73 bits per heavy atom. The third kappa shape index (κ3) is 1.33. The lowest BCUT2D eigenvalue weighted by Gasteiger charge is -2.20. The second-order valence-corrected chi connectivity index (χ2v) is 3.59. The number of hydrogen-bond donors (Lipinski definition) is 0. The van der Waals surface area contributed by atoms with E-state index in [9.17, 15) is 4.79 Å². The number of hydrogen-bond acceptors (Lipinski definition) is 2. The van der Waals surface area contributed by atoms with E-state index >= 15 is 0 Å². The predicted octanol–water partition coefficient (Wildman–Crippen LogP) is 1.01. The smallest absolute Gasteiger partial charge is 0.249 e. The molecule has 0 amide bonds. The van der Waals surface area contributed by atoms with Gasteiger partial charge in [0.2, 0.25) is 5.24 Å². The van der Waals surface area contributed by atoms with Crippen LogP contribution < -0.4 is 0 Å². The molecule has 60 valence electrons. The zero-order valence-electron chi connectivity index (χ0n) is 6.22. The molecule has 2 bridgehead atoms. The highest BCUT2D eigenvalue weighted by Crippen LogP contribution is 2.25. The summed E-state index contributed by atoms with van der Waals surface area (Å²) in [4.78, 5) is 13.1. The molecule has 0 radical (unpaired) electrons. The van der Waals surface area contributed by atoms with Crippen LogP contribution in [-0.4, -0.2) is 29.8 Å². The lowest BCUT2D eigenvalue weighted by molar-refractivity contribution is -0.108. The molecule has 0 spiro atoms. The second kappa shape index (κ2) is 2.61. The van der Waals surface area contributed by atoms with E-state index in [0.717, 1.165) is 25.2 Å². The van der Waals surface area contributed by atoms with Crippen molar-refractivity contribution in [1.82, 2.24) is 4.90 Å². The van der Waals surface area contributed by atoms with Crippen LogP contribution in [0, 0.1) is 5.92 Å². The van der Waals surface area contributed by atoms with Crippen molar-refractivity contribution in [2.45, 2.75) is 6.42 Å². The van der Waals surface area contributed by atoms with Crippen LogP contribution in [0.3, 0.4) is 0 Å². The summed E-state index contributed by atoms with van der Waals surface area (Å²) >= 11 is 5.38. The Bertz CT molecular complexity index is 224. The molecule has 1 unspecified atom stereocenters. The number of nitrogens with zero attached hydrogens (tertiary/aromatic N) is 1. The Labute approximate surface area is 70.8 Å². The highest BCUT2D eigenvalue weighted by molar-refractivity contribution is 6.67. The van der Waals surface area contributed by atoms with Gasteiger partial charge in [-0.2, -0.15) is 0 Å². The molecule has 2 atom stereocenters. The largest absolute Gasteiger partial charge is 0.298 e. The average Bonchev–Trinajstić information content (AvgIpc) is 2.30. The van der Waals surface area contributed by atoms with Gasteiger partial charge in [0.15, 0.2) is 0 Å². The van der Waals surface area contributed by atoms with Gasteiger partial charge < -0.3 is 0 Å². The summed E-state index contributed by atoms with van der Waals surface area (Å²) in [5.41, 5.74) is 0.792. The van der Waals surface area contributed by atoms with E-state index in [4.69, 9.17) is 11.6 Å². The Morgan fingerprint density at radius 3 is 3.18 bits per heavy atom. The van der Waals surface area contributed by atoms with Crippen LogP contribution >= 0.6 is 11.6 Å². The summed E-state index contributed by atoms with van der Waals surface area (Å²) in [6, 6.07) is 0. The Morgan fingerprint density at radius 2 is 2.55 bits per heavy atom. The maximum Gasteiger partial charge on any atom is 0.249 e. The predicted molar refractivity (Wildman–Crippen MR) is 43.5 cm³/mol. The molecule has 2 nitrogen and oxygen atoms in total. The summed E-state index contributed by atoms with van der Waals surface area (Å²) in [7, 11) is 0. The van der Waals surface area contributed by atoms with E-state index in [1.807, 2.05) is 6.08 Å². The minimum Gasteiger partial charge on any atom is -0.298 e. The summed E-state index contributed by atoms with van der Waals surface area (Å²) in [5.74, 6) is 0.585. The molecule has 2 heterocycles. The van der Waals surface area contributed by atoms with E-state index in [-0.39, 0.29) is 5.24 Å². The van der Waals surface area contributed by atoms with E-state index in [1.165, 1.54) is 6.42 Å². The number of carbonyl (C=O) groups excluding carboxylic acids is 1. The normalized spacial score (nSPS) is 35.2. The standard InChI is InChI=1S/C8H10ClNO/c9-8(11)7-3-6-1-2-10(4-6)5-7/h3,6H,1-2,4-5H2/t6-/m0/s1. The van der Waals surface area contributed by atoms with Gasteiger partial charge in [0.05, 0.1) is 0 Å². The van der Waals surface area contributed by atoms with Crippen LogP contribution in [0.15, 0.2) is 11.6 Å². The molecule has 2 aliphatic heterocycles. The molecule has 0 aromatic carbocycles. The fourth-order valence-corrected chi connectivity index (χ4v) is 1.97. The molecule has 1 fully saturated rings. The van der Waals surface area contributed by atoms with Crippen LogP contribution in [0.1, 0.15) is 6.42 Å². The number of halogens is 1. The SMILES string of the molecule is O=C(Cl)C1=C[C@@H]2CCN(C1)C2. The number of rotatable bonds is 1. The fourth-order valence-electron chi connectivity index (χ4n) is 1.85. The van der Waals surface area contributed by atoms with Gasteiger partial charge in [-0.05, 0) is 30.5 Å². The van der Waals surface area contributed by atoms with E-state index in [2.05, 4.69) is 4.90 Å². The van der Waals surface area contributed by atoms with Crippen LogP contribution in [0.4, 0.5) is 0 Å². The van der Waals surface area contributed by atoms with Crippen molar-refractivity contribution in [1.29, 1.82) is 0 Å². The van der Waals surface area contributed by atoms with Crippen molar-refractivity contribution in [3.63, 3.8) is 0 Å². The van der Waals surface area contributed by atoms with Crippen molar-refractivity contribution < 1.29 is 4.79 Å². The molecular weight excluding hydrogens is 162 g/mol. The summed E-state index contributed by atoms with van der Waals surface area (Å²) in [6.45, 7) is 3.00. The molecule has 0 saturated carbocycles. The molecule has 2 aliphatic rings. The second-order valence-electron chi connectivity index (χ2n) is 3.25. The van der Waals surface area contributed by atoms with Crippen LogP contribution in [0.2, 0.25) is 0 Å². The van der Waals surface area contributed by atoms with Crippen LogP contribution in [0.5, 0.6) is 0 Å². The highest BCUT2D eigenvalue weighted by Gasteiger charge is 2.28. The maximum atomic E-state index is 10.8. The van der Waals surface area contributed by atoms with Gasteiger partial charge in [-0.25, -0.2) is 0 Å². The Hall–Kier alpha value is -0.340. The fraction of sp³-hybridized carbons (Fsp3) is 0.625. The minimum absolute atomic E-state index is 0.276. The zero-order chi connectivity index (χ0) is 7.84. The molecule has 0 aromatic heterocycles. The van der Waals surface area contributed by atoms with Crippen molar-refractivity contribution in [2.24, 2.45) is 5.92 Å². The van der Waals surface area contributed by atoms with Gasteiger partial charge in [-0.15, -0.1) is 0 Å². The molecule has 1 saturated heterocycles. The Balaban J connectivity index is 2.19. The number of fused-ring (bicyclic) bond motifs is 2. The van der Waals surface area contributed by atoms with Gasteiger partial charge in [0, 0.05) is 18.7 Å². The summed E-state index contributed by atoms with van der Waals surface area (Å²) in [6.07, 6.45) is 3.23. The third-order valence-electron chi connectivity index (χ3n) is 2.39. The van der Waals surface area contributed by atoms with Crippen molar-refractivity contribution in [2.75, 3.05) is 19.6 Å². The summed E-state index contributed by atoms with van der Waals surface area (Å²) < 4.78 is 0. The van der Waals surface area contributed by atoms with Gasteiger partial charge in [0.25, 0.3) is 0 Å².